The van der Waals surface area contributed by atoms with Crippen molar-refractivity contribution in [1.29, 1.82) is 0 Å². The fourth-order valence-corrected chi connectivity index (χ4v) is 3.23. The molecular formula is C14H26N2O2. The van der Waals surface area contributed by atoms with Crippen LogP contribution < -0.4 is 10.6 Å². The van der Waals surface area contributed by atoms with Crippen LogP contribution in [0.1, 0.15) is 46.0 Å². The van der Waals surface area contributed by atoms with Gasteiger partial charge in [-0.05, 0) is 44.1 Å². The van der Waals surface area contributed by atoms with Gasteiger partial charge in [0, 0.05) is 13.2 Å². The number of methoxy groups -OCH3 is 1. The number of nitrogens with one attached hydrogen (secondary N) is 2. The van der Waals surface area contributed by atoms with E-state index in [1.54, 1.807) is 7.11 Å². The molecule has 0 spiro atoms. The molecule has 1 heterocycles. The molecule has 1 saturated carbocycles. The summed E-state index contributed by atoms with van der Waals surface area (Å²) in [4.78, 5) is 12.4. The first-order chi connectivity index (χ1) is 8.53. The Morgan fingerprint density at radius 3 is 2.78 bits per heavy atom. The van der Waals surface area contributed by atoms with Gasteiger partial charge >= 0.3 is 0 Å². The minimum atomic E-state index is -0.0483. The summed E-state index contributed by atoms with van der Waals surface area (Å²) < 4.78 is 5.34. The van der Waals surface area contributed by atoms with E-state index < -0.39 is 0 Å². The highest BCUT2D eigenvalue weighted by molar-refractivity contribution is 5.83. The maximum absolute atomic E-state index is 12.4. The third-order valence-corrected chi connectivity index (χ3v) is 4.45. The van der Waals surface area contributed by atoms with Crippen LogP contribution in [0.15, 0.2) is 0 Å². The van der Waals surface area contributed by atoms with Crippen molar-refractivity contribution in [3.05, 3.63) is 0 Å². The molecule has 0 aromatic rings. The molecule has 0 bridgehead atoms. The molecule has 104 valence electrons. The number of rotatable bonds is 3. The van der Waals surface area contributed by atoms with Gasteiger partial charge in [0.2, 0.25) is 5.91 Å². The smallest absolute Gasteiger partial charge is 0.237 e. The summed E-state index contributed by atoms with van der Waals surface area (Å²) in [7, 11) is 1.75. The van der Waals surface area contributed by atoms with Crippen molar-refractivity contribution in [3.63, 3.8) is 0 Å². The van der Waals surface area contributed by atoms with E-state index in [0.29, 0.717) is 12.1 Å². The zero-order valence-electron chi connectivity index (χ0n) is 11.8. The van der Waals surface area contributed by atoms with Crippen LogP contribution in [-0.4, -0.2) is 37.7 Å². The van der Waals surface area contributed by atoms with Crippen molar-refractivity contribution in [2.24, 2.45) is 5.41 Å². The van der Waals surface area contributed by atoms with Crippen LogP contribution in [0, 0.1) is 5.41 Å². The number of piperidine rings is 1. The largest absolute Gasteiger partial charge is 0.381 e. The predicted molar refractivity (Wildman–Crippen MR) is 71.4 cm³/mol. The molecule has 0 aromatic carbocycles. The predicted octanol–water partition coefficient (Wildman–Crippen LogP) is 1.45. The van der Waals surface area contributed by atoms with Crippen LogP contribution in [0.4, 0.5) is 0 Å². The second-order valence-electron chi connectivity index (χ2n) is 6.36. The standard InChI is InChI=1S/C14H26N2O2/c1-14(2)7-4-8-15-12(14)13(17)16-10-5-6-11(9-10)18-3/h10-12,15H,4-9H2,1-3H3,(H,16,17). The summed E-state index contributed by atoms with van der Waals surface area (Å²) in [6, 6.07) is 0.245. The number of hydrogen-bond acceptors (Lipinski definition) is 3. The Morgan fingerprint density at radius 2 is 2.17 bits per heavy atom. The van der Waals surface area contributed by atoms with Crippen LogP contribution >= 0.6 is 0 Å². The molecule has 1 aliphatic heterocycles. The Labute approximate surface area is 110 Å². The molecule has 1 amide bonds. The Bertz CT molecular complexity index is 304. The molecule has 2 fully saturated rings. The van der Waals surface area contributed by atoms with Gasteiger partial charge in [-0.1, -0.05) is 13.8 Å². The molecule has 18 heavy (non-hydrogen) atoms. The van der Waals surface area contributed by atoms with Gasteiger partial charge in [-0.25, -0.2) is 0 Å². The van der Waals surface area contributed by atoms with Crippen LogP contribution in [0.5, 0.6) is 0 Å². The lowest BCUT2D eigenvalue weighted by Gasteiger charge is -2.38. The molecule has 2 aliphatic rings. The minimum absolute atomic E-state index is 0.0483. The Hall–Kier alpha value is -0.610. The van der Waals surface area contributed by atoms with Gasteiger partial charge in [0.05, 0.1) is 12.1 Å². The second-order valence-corrected chi connectivity index (χ2v) is 6.36. The van der Waals surface area contributed by atoms with E-state index in [2.05, 4.69) is 24.5 Å². The molecule has 3 atom stereocenters. The van der Waals surface area contributed by atoms with Gasteiger partial charge in [-0.15, -0.1) is 0 Å². The molecule has 1 aliphatic carbocycles. The number of ether oxygens (including phenoxy) is 1. The highest BCUT2D eigenvalue weighted by Gasteiger charge is 2.38. The summed E-state index contributed by atoms with van der Waals surface area (Å²) in [5, 5.41) is 6.55. The zero-order chi connectivity index (χ0) is 13.2. The van der Waals surface area contributed by atoms with Crippen molar-refractivity contribution < 1.29 is 9.53 Å². The topological polar surface area (TPSA) is 50.4 Å². The van der Waals surface area contributed by atoms with Gasteiger partial charge in [0.25, 0.3) is 0 Å². The summed E-state index contributed by atoms with van der Waals surface area (Å²) in [6.45, 7) is 5.30. The quantitative estimate of drug-likeness (QED) is 0.801. The molecular weight excluding hydrogens is 228 g/mol. The fourth-order valence-electron chi connectivity index (χ4n) is 3.23. The first-order valence-corrected chi connectivity index (χ1v) is 7.09. The van der Waals surface area contributed by atoms with E-state index in [-0.39, 0.29) is 17.4 Å². The van der Waals surface area contributed by atoms with Gasteiger partial charge in [-0.3, -0.25) is 4.79 Å². The number of amides is 1. The highest BCUT2D eigenvalue weighted by Crippen LogP contribution is 2.30. The van der Waals surface area contributed by atoms with Crippen LogP contribution in [0.3, 0.4) is 0 Å². The number of hydrogen-bond donors (Lipinski definition) is 2. The van der Waals surface area contributed by atoms with E-state index in [1.807, 2.05) is 0 Å². The van der Waals surface area contributed by atoms with Crippen molar-refractivity contribution in [3.8, 4) is 0 Å². The summed E-state index contributed by atoms with van der Waals surface area (Å²) in [5.74, 6) is 0.168. The summed E-state index contributed by atoms with van der Waals surface area (Å²) in [6.07, 6.45) is 5.65. The molecule has 3 unspecified atom stereocenters. The first-order valence-electron chi connectivity index (χ1n) is 7.09. The maximum atomic E-state index is 12.4. The molecule has 1 saturated heterocycles. The molecule has 2 rings (SSSR count). The van der Waals surface area contributed by atoms with E-state index in [0.717, 1.165) is 38.6 Å². The van der Waals surface area contributed by atoms with Crippen molar-refractivity contribution in [1.82, 2.24) is 10.6 Å². The van der Waals surface area contributed by atoms with Crippen LogP contribution in [-0.2, 0) is 9.53 Å². The van der Waals surface area contributed by atoms with Crippen molar-refractivity contribution in [2.75, 3.05) is 13.7 Å². The number of carbonyl (C=O) groups excluding carboxylic acids is 1. The maximum Gasteiger partial charge on any atom is 0.237 e. The lowest BCUT2D eigenvalue weighted by atomic mass is 9.77. The molecule has 0 radical (unpaired) electrons. The highest BCUT2D eigenvalue weighted by atomic mass is 16.5. The average molecular weight is 254 g/mol. The van der Waals surface area contributed by atoms with E-state index in [9.17, 15) is 4.79 Å². The zero-order valence-corrected chi connectivity index (χ0v) is 11.8. The molecule has 2 N–H and O–H groups in total. The minimum Gasteiger partial charge on any atom is -0.381 e. The normalized spacial score (nSPS) is 35.4. The summed E-state index contributed by atoms with van der Waals surface area (Å²) >= 11 is 0. The van der Waals surface area contributed by atoms with Crippen LogP contribution in [0.2, 0.25) is 0 Å². The third kappa shape index (κ3) is 3.04. The Kier molecular flexibility index (Phi) is 4.28. The first kappa shape index (κ1) is 13.8. The van der Waals surface area contributed by atoms with Gasteiger partial charge < -0.3 is 15.4 Å². The van der Waals surface area contributed by atoms with E-state index in [4.69, 9.17) is 4.74 Å². The second kappa shape index (κ2) is 5.57. The number of carbonyl (C=O) groups is 1. The average Bonchev–Trinajstić information content (AvgIpc) is 2.76. The van der Waals surface area contributed by atoms with Gasteiger partial charge in [0.15, 0.2) is 0 Å². The third-order valence-electron chi connectivity index (χ3n) is 4.45. The monoisotopic (exact) mass is 254 g/mol. The van der Waals surface area contributed by atoms with Crippen LogP contribution in [0.25, 0.3) is 0 Å². The Morgan fingerprint density at radius 1 is 1.39 bits per heavy atom. The lowest BCUT2D eigenvalue weighted by molar-refractivity contribution is -0.127. The summed E-state index contributed by atoms with van der Waals surface area (Å²) in [5.41, 5.74) is 0.0571. The van der Waals surface area contributed by atoms with Gasteiger partial charge in [-0.2, -0.15) is 0 Å². The SMILES string of the molecule is COC1CCC(NC(=O)C2NCCCC2(C)C)C1. The van der Waals surface area contributed by atoms with Crippen molar-refractivity contribution >= 4 is 5.91 Å². The molecule has 4 nitrogen and oxygen atoms in total. The fraction of sp³-hybridized carbons (Fsp3) is 0.929. The van der Waals surface area contributed by atoms with E-state index >= 15 is 0 Å². The van der Waals surface area contributed by atoms with Crippen molar-refractivity contribution in [2.45, 2.75) is 64.1 Å². The van der Waals surface area contributed by atoms with Gasteiger partial charge in [0.1, 0.15) is 0 Å². The molecule has 0 aromatic heterocycles. The Balaban J connectivity index is 1.87. The van der Waals surface area contributed by atoms with E-state index in [1.165, 1.54) is 0 Å². The molecule has 4 heteroatoms. The lowest BCUT2D eigenvalue weighted by Crippen LogP contribution is -2.56.